The van der Waals surface area contributed by atoms with Crippen molar-refractivity contribution in [1.82, 2.24) is 15.1 Å². The standard InChI is InChI=1S/C19H26N4O4/c1-2-6-20-19(26)23-9-7-22(8-10-23)18(25)13-14-3-4-16-15(12-14)21-17(24)5-11-27-16/h3-4,12H,2,5-11,13H2,1H3,(H,20,26)(H,21,24). The molecule has 27 heavy (non-hydrogen) atoms. The number of carbonyl (C=O) groups is 3. The number of hydrogen-bond acceptors (Lipinski definition) is 4. The van der Waals surface area contributed by atoms with Crippen LogP contribution in [0.4, 0.5) is 10.5 Å². The van der Waals surface area contributed by atoms with Gasteiger partial charge in [0.2, 0.25) is 11.8 Å². The largest absolute Gasteiger partial charge is 0.491 e. The van der Waals surface area contributed by atoms with E-state index < -0.39 is 0 Å². The first kappa shape index (κ1) is 19.0. The number of carbonyl (C=O) groups excluding carboxylic acids is 3. The maximum atomic E-state index is 12.6. The molecule has 8 nitrogen and oxygen atoms in total. The normalized spacial score (nSPS) is 16.7. The summed E-state index contributed by atoms with van der Waals surface area (Å²) in [6.07, 6.45) is 1.47. The molecule has 0 unspecified atom stereocenters. The maximum absolute atomic E-state index is 12.6. The highest BCUT2D eigenvalue weighted by Gasteiger charge is 2.24. The molecule has 0 radical (unpaired) electrons. The van der Waals surface area contributed by atoms with Gasteiger partial charge in [-0.05, 0) is 24.1 Å². The fourth-order valence-corrected chi connectivity index (χ4v) is 3.17. The third-order valence-electron chi connectivity index (χ3n) is 4.71. The third-order valence-corrected chi connectivity index (χ3v) is 4.71. The smallest absolute Gasteiger partial charge is 0.317 e. The number of benzene rings is 1. The van der Waals surface area contributed by atoms with Crippen LogP contribution in [0.3, 0.4) is 0 Å². The molecule has 0 saturated carbocycles. The molecule has 146 valence electrons. The van der Waals surface area contributed by atoms with Gasteiger partial charge in [0.15, 0.2) is 0 Å². The van der Waals surface area contributed by atoms with Gasteiger partial charge in [-0.1, -0.05) is 13.0 Å². The lowest BCUT2D eigenvalue weighted by atomic mass is 10.1. The van der Waals surface area contributed by atoms with Crippen LogP contribution in [0.1, 0.15) is 25.3 Å². The predicted molar refractivity (Wildman–Crippen MR) is 101 cm³/mol. The van der Waals surface area contributed by atoms with Gasteiger partial charge in [0.05, 0.1) is 25.1 Å². The van der Waals surface area contributed by atoms with Crippen LogP contribution in [0, 0.1) is 0 Å². The Balaban J connectivity index is 1.54. The van der Waals surface area contributed by atoms with Gasteiger partial charge in [0.1, 0.15) is 5.75 Å². The Morgan fingerprint density at radius 3 is 2.67 bits per heavy atom. The molecule has 0 atom stereocenters. The molecule has 8 heteroatoms. The zero-order valence-corrected chi connectivity index (χ0v) is 15.6. The van der Waals surface area contributed by atoms with E-state index in [1.165, 1.54) is 0 Å². The average Bonchev–Trinajstić information content (AvgIpc) is 2.86. The molecule has 4 amide bonds. The van der Waals surface area contributed by atoms with Gasteiger partial charge in [-0.15, -0.1) is 0 Å². The van der Waals surface area contributed by atoms with E-state index in [4.69, 9.17) is 4.74 Å². The van der Waals surface area contributed by atoms with Crippen LogP contribution in [0.5, 0.6) is 5.75 Å². The van der Waals surface area contributed by atoms with E-state index in [-0.39, 0.29) is 24.3 Å². The summed E-state index contributed by atoms with van der Waals surface area (Å²) in [5.74, 6) is 0.558. The molecule has 2 aliphatic rings. The van der Waals surface area contributed by atoms with E-state index in [1.54, 1.807) is 21.9 Å². The highest BCUT2D eigenvalue weighted by atomic mass is 16.5. The molecule has 1 aromatic carbocycles. The average molecular weight is 374 g/mol. The van der Waals surface area contributed by atoms with E-state index in [0.29, 0.717) is 57.2 Å². The quantitative estimate of drug-likeness (QED) is 0.829. The van der Waals surface area contributed by atoms with Crippen LogP contribution in [-0.4, -0.2) is 67.0 Å². The Morgan fingerprint density at radius 1 is 1.19 bits per heavy atom. The number of amides is 4. The first-order chi connectivity index (χ1) is 13.1. The van der Waals surface area contributed by atoms with Crippen molar-refractivity contribution in [1.29, 1.82) is 0 Å². The summed E-state index contributed by atoms with van der Waals surface area (Å²) in [5, 5.41) is 5.67. The second-order valence-corrected chi connectivity index (χ2v) is 6.75. The lowest BCUT2D eigenvalue weighted by Gasteiger charge is -2.34. The molecule has 1 saturated heterocycles. The lowest BCUT2D eigenvalue weighted by molar-refractivity contribution is -0.131. The Kier molecular flexibility index (Phi) is 6.16. The summed E-state index contributed by atoms with van der Waals surface area (Å²) in [5.41, 5.74) is 1.44. The van der Waals surface area contributed by atoms with Gasteiger partial charge in [-0.25, -0.2) is 4.79 Å². The zero-order chi connectivity index (χ0) is 19.2. The number of fused-ring (bicyclic) bond motifs is 1. The van der Waals surface area contributed by atoms with Gasteiger partial charge in [0.25, 0.3) is 0 Å². The molecule has 1 fully saturated rings. The Hall–Kier alpha value is -2.77. The second-order valence-electron chi connectivity index (χ2n) is 6.75. The lowest BCUT2D eigenvalue weighted by Crippen LogP contribution is -2.53. The predicted octanol–water partition coefficient (Wildman–Crippen LogP) is 1.21. The summed E-state index contributed by atoms with van der Waals surface area (Å²) >= 11 is 0. The maximum Gasteiger partial charge on any atom is 0.317 e. The zero-order valence-electron chi connectivity index (χ0n) is 15.6. The van der Waals surface area contributed by atoms with Crippen molar-refractivity contribution >= 4 is 23.5 Å². The van der Waals surface area contributed by atoms with Gasteiger partial charge in [-0.3, -0.25) is 9.59 Å². The first-order valence-corrected chi connectivity index (χ1v) is 9.43. The number of urea groups is 1. The van der Waals surface area contributed by atoms with E-state index in [0.717, 1.165) is 12.0 Å². The summed E-state index contributed by atoms with van der Waals surface area (Å²) in [6, 6.07) is 5.37. The number of piperazine rings is 1. The molecule has 0 aromatic heterocycles. The molecule has 3 rings (SSSR count). The minimum Gasteiger partial charge on any atom is -0.491 e. The van der Waals surface area contributed by atoms with Gasteiger partial charge in [0, 0.05) is 32.7 Å². The summed E-state index contributed by atoms with van der Waals surface area (Å²) in [6.45, 7) is 5.16. The molecule has 0 aliphatic carbocycles. The minimum absolute atomic E-state index is 0.0180. The first-order valence-electron chi connectivity index (χ1n) is 9.43. The van der Waals surface area contributed by atoms with Crippen LogP contribution < -0.4 is 15.4 Å². The summed E-state index contributed by atoms with van der Waals surface area (Å²) in [7, 11) is 0. The summed E-state index contributed by atoms with van der Waals surface area (Å²) < 4.78 is 5.54. The van der Waals surface area contributed by atoms with Crippen molar-refractivity contribution in [3.63, 3.8) is 0 Å². The molecular formula is C19H26N4O4. The van der Waals surface area contributed by atoms with E-state index in [9.17, 15) is 14.4 Å². The molecule has 2 heterocycles. The number of rotatable bonds is 4. The van der Waals surface area contributed by atoms with E-state index in [2.05, 4.69) is 10.6 Å². The Bertz CT molecular complexity index is 714. The Labute approximate surface area is 158 Å². The van der Waals surface area contributed by atoms with Crippen molar-refractivity contribution < 1.29 is 19.1 Å². The highest BCUT2D eigenvalue weighted by Crippen LogP contribution is 2.28. The third kappa shape index (κ3) is 4.90. The number of hydrogen-bond donors (Lipinski definition) is 2. The number of nitrogens with one attached hydrogen (secondary N) is 2. The fraction of sp³-hybridized carbons (Fsp3) is 0.526. The molecule has 1 aromatic rings. The van der Waals surface area contributed by atoms with Crippen molar-refractivity contribution in [3.05, 3.63) is 23.8 Å². The monoisotopic (exact) mass is 374 g/mol. The fourth-order valence-electron chi connectivity index (χ4n) is 3.17. The van der Waals surface area contributed by atoms with Crippen LogP contribution in [-0.2, 0) is 16.0 Å². The number of anilines is 1. The van der Waals surface area contributed by atoms with Gasteiger partial charge in [-0.2, -0.15) is 0 Å². The van der Waals surface area contributed by atoms with Crippen molar-refractivity contribution in [3.8, 4) is 5.75 Å². The number of nitrogens with zero attached hydrogens (tertiary/aromatic N) is 2. The van der Waals surface area contributed by atoms with Crippen LogP contribution in [0.25, 0.3) is 0 Å². The van der Waals surface area contributed by atoms with Crippen LogP contribution in [0.15, 0.2) is 18.2 Å². The minimum atomic E-state index is -0.0882. The van der Waals surface area contributed by atoms with E-state index in [1.807, 2.05) is 13.0 Å². The second kappa shape index (κ2) is 8.75. The molecule has 2 aliphatic heterocycles. The van der Waals surface area contributed by atoms with E-state index >= 15 is 0 Å². The van der Waals surface area contributed by atoms with Gasteiger partial charge < -0.3 is 25.2 Å². The van der Waals surface area contributed by atoms with Crippen molar-refractivity contribution in [2.75, 3.05) is 44.6 Å². The number of ether oxygens (including phenoxy) is 1. The molecule has 0 bridgehead atoms. The Morgan fingerprint density at radius 2 is 1.93 bits per heavy atom. The molecular weight excluding hydrogens is 348 g/mol. The van der Waals surface area contributed by atoms with Crippen molar-refractivity contribution in [2.45, 2.75) is 26.2 Å². The SMILES string of the molecule is CCCNC(=O)N1CCN(C(=O)Cc2ccc3c(c2)NC(=O)CCO3)CC1. The van der Waals surface area contributed by atoms with Gasteiger partial charge >= 0.3 is 6.03 Å². The topological polar surface area (TPSA) is 91.0 Å². The highest BCUT2D eigenvalue weighted by molar-refractivity contribution is 5.93. The molecule has 0 spiro atoms. The van der Waals surface area contributed by atoms with Crippen LogP contribution >= 0.6 is 0 Å². The van der Waals surface area contributed by atoms with Crippen LogP contribution in [0.2, 0.25) is 0 Å². The molecule has 2 N–H and O–H groups in total. The summed E-state index contributed by atoms with van der Waals surface area (Å²) in [4.78, 5) is 39.8. The van der Waals surface area contributed by atoms with Crippen molar-refractivity contribution in [2.24, 2.45) is 0 Å².